The van der Waals surface area contributed by atoms with Gasteiger partial charge in [0.1, 0.15) is 0 Å². The number of halogens is 1. The van der Waals surface area contributed by atoms with Crippen LogP contribution in [0.2, 0.25) is 5.02 Å². The highest BCUT2D eigenvalue weighted by molar-refractivity contribution is 6.30. The van der Waals surface area contributed by atoms with Crippen LogP contribution >= 0.6 is 11.6 Å². The molecule has 3 heterocycles. The number of hydrogen-bond acceptors (Lipinski definition) is 4. The molecule has 0 saturated carbocycles. The zero-order valence-corrected chi connectivity index (χ0v) is 14.3. The molecule has 1 aromatic carbocycles. The summed E-state index contributed by atoms with van der Waals surface area (Å²) in [6, 6.07) is 8.24. The zero-order chi connectivity index (χ0) is 15.7. The lowest BCUT2D eigenvalue weighted by Crippen LogP contribution is -2.47. The minimum Gasteiger partial charge on any atom is -0.380 e. The lowest BCUT2D eigenvalue weighted by atomic mass is 9.80. The van der Waals surface area contributed by atoms with Crippen molar-refractivity contribution in [2.45, 2.75) is 6.54 Å². The Hall–Kier alpha value is -0.650. The van der Waals surface area contributed by atoms with E-state index in [-0.39, 0.29) is 0 Å². The lowest BCUT2D eigenvalue weighted by Gasteiger charge is -2.36. The molecule has 0 amide bonds. The molecule has 0 spiro atoms. The van der Waals surface area contributed by atoms with E-state index in [4.69, 9.17) is 21.1 Å². The van der Waals surface area contributed by atoms with Crippen LogP contribution in [0.5, 0.6) is 0 Å². The summed E-state index contributed by atoms with van der Waals surface area (Å²) in [7, 11) is 0. The molecule has 3 saturated heterocycles. The largest absolute Gasteiger partial charge is 0.380 e. The molecule has 23 heavy (non-hydrogen) atoms. The SMILES string of the molecule is Clc1cccc(CN2C[C@@H]3COC[C@]3(CN3CCOCC3)C2)c1. The predicted molar refractivity (Wildman–Crippen MR) is 90.7 cm³/mol. The van der Waals surface area contributed by atoms with Crippen LogP contribution in [0.25, 0.3) is 0 Å². The standard InChI is InChI=1S/C18H25ClN2O2/c19-17-3-1-2-15(8-17)9-21-10-16-11-23-14-18(16,13-21)12-20-4-6-22-7-5-20/h1-3,8,16H,4-7,9-14H2/t16-,18+/m1/s1. The third-order valence-corrected chi connectivity index (χ3v) is 5.76. The van der Waals surface area contributed by atoms with Crippen LogP contribution in [0.15, 0.2) is 24.3 Å². The Balaban J connectivity index is 1.43. The molecule has 0 unspecified atom stereocenters. The monoisotopic (exact) mass is 336 g/mol. The number of fused-ring (bicyclic) bond motifs is 1. The van der Waals surface area contributed by atoms with Crippen LogP contribution in [-0.4, -0.2) is 69.0 Å². The van der Waals surface area contributed by atoms with Crippen molar-refractivity contribution in [1.29, 1.82) is 0 Å². The van der Waals surface area contributed by atoms with Crippen LogP contribution in [0.3, 0.4) is 0 Å². The van der Waals surface area contributed by atoms with E-state index in [0.29, 0.717) is 11.3 Å². The number of hydrogen-bond donors (Lipinski definition) is 0. The Morgan fingerprint density at radius 3 is 2.87 bits per heavy atom. The molecule has 3 aliphatic heterocycles. The van der Waals surface area contributed by atoms with Gasteiger partial charge in [-0.2, -0.15) is 0 Å². The summed E-state index contributed by atoms with van der Waals surface area (Å²) in [5.41, 5.74) is 1.61. The second kappa shape index (κ2) is 6.69. The number of ether oxygens (including phenoxy) is 2. The molecule has 0 radical (unpaired) electrons. The van der Waals surface area contributed by atoms with Gasteiger partial charge in [0.2, 0.25) is 0 Å². The maximum absolute atomic E-state index is 6.13. The van der Waals surface area contributed by atoms with Crippen LogP contribution in [-0.2, 0) is 16.0 Å². The van der Waals surface area contributed by atoms with E-state index in [0.717, 1.165) is 70.7 Å². The van der Waals surface area contributed by atoms with Crippen molar-refractivity contribution in [1.82, 2.24) is 9.80 Å². The molecule has 0 bridgehead atoms. The van der Waals surface area contributed by atoms with Crippen molar-refractivity contribution in [2.75, 3.05) is 59.2 Å². The number of likely N-dealkylation sites (tertiary alicyclic amines) is 1. The maximum atomic E-state index is 6.13. The summed E-state index contributed by atoms with van der Waals surface area (Å²) in [6.45, 7) is 10.1. The predicted octanol–water partition coefficient (Wildman–Crippen LogP) is 2.12. The molecular formula is C18H25ClN2O2. The lowest BCUT2D eigenvalue weighted by molar-refractivity contribution is 0.0102. The van der Waals surface area contributed by atoms with Crippen molar-refractivity contribution in [3.63, 3.8) is 0 Å². The van der Waals surface area contributed by atoms with Gasteiger partial charge in [-0.3, -0.25) is 9.80 Å². The van der Waals surface area contributed by atoms with Crippen LogP contribution in [0.4, 0.5) is 0 Å². The molecule has 3 fully saturated rings. The van der Waals surface area contributed by atoms with Gasteiger partial charge < -0.3 is 9.47 Å². The Bertz CT molecular complexity index is 550. The van der Waals surface area contributed by atoms with E-state index in [1.807, 2.05) is 12.1 Å². The third kappa shape index (κ3) is 3.42. The van der Waals surface area contributed by atoms with Crippen LogP contribution in [0, 0.1) is 11.3 Å². The first kappa shape index (κ1) is 15.9. The van der Waals surface area contributed by atoms with Gasteiger partial charge >= 0.3 is 0 Å². The van der Waals surface area contributed by atoms with Crippen LogP contribution in [0.1, 0.15) is 5.56 Å². The minimum atomic E-state index is 0.302. The molecular weight excluding hydrogens is 312 g/mol. The highest BCUT2D eigenvalue weighted by Gasteiger charge is 2.51. The topological polar surface area (TPSA) is 24.9 Å². The second-order valence-corrected chi connectivity index (χ2v) is 7.70. The minimum absolute atomic E-state index is 0.302. The molecule has 0 N–H and O–H groups in total. The Morgan fingerprint density at radius 1 is 1.17 bits per heavy atom. The Morgan fingerprint density at radius 2 is 2.04 bits per heavy atom. The van der Waals surface area contributed by atoms with Gasteiger partial charge in [0.25, 0.3) is 0 Å². The maximum Gasteiger partial charge on any atom is 0.0594 e. The molecule has 4 nitrogen and oxygen atoms in total. The Kier molecular flexibility index (Phi) is 4.61. The van der Waals surface area contributed by atoms with E-state index in [1.165, 1.54) is 5.56 Å². The second-order valence-electron chi connectivity index (χ2n) is 7.26. The number of benzene rings is 1. The molecule has 0 aromatic heterocycles. The van der Waals surface area contributed by atoms with Crippen molar-refractivity contribution < 1.29 is 9.47 Å². The molecule has 4 rings (SSSR count). The number of nitrogens with zero attached hydrogens (tertiary/aromatic N) is 2. The van der Waals surface area contributed by atoms with E-state index >= 15 is 0 Å². The summed E-state index contributed by atoms with van der Waals surface area (Å²) in [4.78, 5) is 5.15. The quantitative estimate of drug-likeness (QED) is 0.841. The molecule has 1 aromatic rings. The highest BCUT2D eigenvalue weighted by Crippen LogP contribution is 2.42. The molecule has 2 atom stereocenters. The summed E-state index contributed by atoms with van der Waals surface area (Å²) < 4.78 is 11.4. The number of morpholine rings is 1. The third-order valence-electron chi connectivity index (χ3n) is 5.53. The fourth-order valence-electron chi connectivity index (χ4n) is 4.39. The smallest absolute Gasteiger partial charge is 0.0594 e. The van der Waals surface area contributed by atoms with Crippen molar-refractivity contribution in [3.05, 3.63) is 34.9 Å². The van der Waals surface area contributed by atoms with Gasteiger partial charge in [-0.1, -0.05) is 23.7 Å². The molecule has 5 heteroatoms. The van der Waals surface area contributed by atoms with E-state index in [2.05, 4.69) is 21.9 Å². The average Bonchev–Trinajstić information content (AvgIpc) is 3.04. The zero-order valence-electron chi connectivity index (χ0n) is 13.5. The van der Waals surface area contributed by atoms with Gasteiger partial charge in [-0.15, -0.1) is 0 Å². The summed E-state index contributed by atoms with van der Waals surface area (Å²) >= 11 is 6.13. The summed E-state index contributed by atoms with van der Waals surface area (Å²) in [6.07, 6.45) is 0. The summed E-state index contributed by atoms with van der Waals surface area (Å²) in [5, 5.41) is 0.827. The fraction of sp³-hybridized carbons (Fsp3) is 0.667. The fourth-order valence-corrected chi connectivity index (χ4v) is 4.60. The Labute approximate surface area is 143 Å². The van der Waals surface area contributed by atoms with Crippen LogP contribution < -0.4 is 0 Å². The first-order valence-electron chi connectivity index (χ1n) is 8.58. The molecule has 0 aliphatic carbocycles. The first-order valence-corrected chi connectivity index (χ1v) is 8.96. The van der Waals surface area contributed by atoms with E-state index in [1.54, 1.807) is 0 Å². The van der Waals surface area contributed by atoms with Gasteiger partial charge in [0.05, 0.1) is 26.4 Å². The van der Waals surface area contributed by atoms with E-state index < -0.39 is 0 Å². The van der Waals surface area contributed by atoms with Crippen molar-refractivity contribution in [2.24, 2.45) is 11.3 Å². The van der Waals surface area contributed by atoms with Crippen molar-refractivity contribution >= 4 is 11.6 Å². The van der Waals surface area contributed by atoms with Gasteiger partial charge in [0, 0.05) is 55.6 Å². The molecule has 3 aliphatic rings. The van der Waals surface area contributed by atoms with Gasteiger partial charge in [-0.25, -0.2) is 0 Å². The van der Waals surface area contributed by atoms with E-state index in [9.17, 15) is 0 Å². The average molecular weight is 337 g/mol. The van der Waals surface area contributed by atoms with Gasteiger partial charge in [0.15, 0.2) is 0 Å². The number of rotatable bonds is 4. The molecule has 126 valence electrons. The van der Waals surface area contributed by atoms with Crippen molar-refractivity contribution in [3.8, 4) is 0 Å². The first-order chi connectivity index (χ1) is 11.2. The van der Waals surface area contributed by atoms with Gasteiger partial charge in [-0.05, 0) is 17.7 Å². The highest BCUT2D eigenvalue weighted by atomic mass is 35.5. The normalized spacial score (nSPS) is 32.3. The summed E-state index contributed by atoms with van der Waals surface area (Å²) in [5.74, 6) is 0.657.